The number of likely N-dealkylation sites (N-methyl/N-ethyl adjacent to an activating group) is 1. The molecule has 6 nitrogen and oxygen atoms in total. The van der Waals surface area contributed by atoms with E-state index in [0.717, 1.165) is 19.3 Å². The Balaban J connectivity index is 2.15. The zero-order valence-electron chi connectivity index (χ0n) is 10.7. The Morgan fingerprint density at radius 2 is 2.17 bits per heavy atom. The van der Waals surface area contributed by atoms with Crippen molar-refractivity contribution in [2.24, 2.45) is 0 Å². The van der Waals surface area contributed by atoms with Crippen LogP contribution in [0.25, 0.3) is 0 Å². The molecule has 1 aliphatic rings. The average molecular weight is 250 g/mol. The highest BCUT2D eigenvalue weighted by atomic mass is 16.3. The van der Waals surface area contributed by atoms with Crippen LogP contribution in [0.4, 0.5) is 5.95 Å². The van der Waals surface area contributed by atoms with Crippen molar-refractivity contribution in [3.8, 4) is 0 Å². The third-order valence-corrected chi connectivity index (χ3v) is 3.02. The zero-order valence-corrected chi connectivity index (χ0v) is 10.7. The fourth-order valence-electron chi connectivity index (χ4n) is 2.27. The van der Waals surface area contributed by atoms with Gasteiger partial charge in [0, 0.05) is 31.5 Å². The standard InChI is InChI=1S/C12H18N4O2/c1-15(2)6-10-3-11(18)7-16(10)12-13-4-9(8-17)5-14-12/h4-5,8,10-11,18H,3,6-7H2,1-2H3. The predicted octanol–water partition coefficient (Wildman–Crippen LogP) is -0.210. The number of rotatable bonds is 4. The van der Waals surface area contributed by atoms with Gasteiger partial charge in [0.15, 0.2) is 6.29 Å². The van der Waals surface area contributed by atoms with Gasteiger partial charge in [0.1, 0.15) is 0 Å². The Morgan fingerprint density at radius 1 is 1.50 bits per heavy atom. The second kappa shape index (κ2) is 5.41. The number of nitrogens with zero attached hydrogens (tertiary/aromatic N) is 4. The van der Waals surface area contributed by atoms with E-state index in [1.165, 1.54) is 12.4 Å². The van der Waals surface area contributed by atoms with Gasteiger partial charge in [-0.25, -0.2) is 9.97 Å². The summed E-state index contributed by atoms with van der Waals surface area (Å²) < 4.78 is 0. The summed E-state index contributed by atoms with van der Waals surface area (Å²) in [5.41, 5.74) is 0.461. The molecular formula is C12H18N4O2. The number of aliphatic hydroxyl groups excluding tert-OH is 1. The molecule has 2 rings (SSSR count). The number of aromatic nitrogens is 2. The number of carbonyl (C=O) groups excluding carboxylic acids is 1. The van der Waals surface area contributed by atoms with Gasteiger partial charge in [0.05, 0.1) is 11.7 Å². The minimum absolute atomic E-state index is 0.206. The minimum Gasteiger partial charge on any atom is -0.391 e. The molecule has 1 N–H and O–H groups in total. The molecule has 0 aromatic carbocycles. The number of aliphatic hydroxyl groups is 1. The van der Waals surface area contributed by atoms with E-state index in [0.29, 0.717) is 18.1 Å². The van der Waals surface area contributed by atoms with Crippen LogP contribution in [0.3, 0.4) is 0 Å². The fourth-order valence-corrected chi connectivity index (χ4v) is 2.27. The summed E-state index contributed by atoms with van der Waals surface area (Å²) >= 11 is 0. The first-order chi connectivity index (χ1) is 8.60. The van der Waals surface area contributed by atoms with E-state index in [2.05, 4.69) is 14.9 Å². The minimum atomic E-state index is -0.343. The van der Waals surface area contributed by atoms with Crippen molar-refractivity contribution in [1.29, 1.82) is 0 Å². The maximum Gasteiger partial charge on any atom is 0.225 e. The van der Waals surface area contributed by atoms with Crippen molar-refractivity contribution in [3.63, 3.8) is 0 Å². The van der Waals surface area contributed by atoms with Crippen LogP contribution >= 0.6 is 0 Å². The van der Waals surface area contributed by atoms with Gasteiger partial charge in [-0.3, -0.25) is 4.79 Å². The third-order valence-electron chi connectivity index (χ3n) is 3.02. The number of carbonyl (C=O) groups is 1. The second-order valence-corrected chi connectivity index (χ2v) is 4.89. The Kier molecular flexibility index (Phi) is 3.88. The number of hydrogen-bond donors (Lipinski definition) is 1. The molecule has 0 radical (unpaired) electrons. The maximum absolute atomic E-state index is 10.6. The van der Waals surface area contributed by atoms with Gasteiger partial charge in [-0.2, -0.15) is 0 Å². The number of anilines is 1. The molecule has 1 saturated heterocycles. The van der Waals surface area contributed by atoms with Crippen molar-refractivity contribution in [3.05, 3.63) is 18.0 Å². The summed E-state index contributed by atoms with van der Waals surface area (Å²) in [5, 5.41) is 9.77. The first-order valence-electron chi connectivity index (χ1n) is 5.97. The molecule has 2 unspecified atom stereocenters. The highest BCUT2D eigenvalue weighted by Gasteiger charge is 2.32. The Morgan fingerprint density at radius 3 is 2.72 bits per heavy atom. The Hall–Kier alpha value is -1.53. The lowest BCUT2D eigenvalue weighted by Crippen LogP contribution is -2.38. The van der Waals surface area contributed by atoms with Crippen molar-refractivity contribution >= 4 is 12.2 Å². The molecule has 98 valence electrons. The van der Waals surface area contributed by atoms with E-state index < -0.39 is 0 Å². The molecule has 1 fully saturated rings. The molecular weight excluding hydrogens is 232 g/mol. The Labute approximate surface area is 106 Å². The van der Waals surface area contributed by atoms with Gasteiger partial charge in [-0.05, 0) is 20.5 Å². The molecule has 2 atom stereocenters. The first kappa shape index (κ1) is 12.9. The smallest absolute Gasteiger partial charge is 0.225 e. The van der Waals surface area contributed by atoms with Crippen molar-refractivity contribution < 1.29 is 9.90 Å². The lowest BCUT2D eigenvalue weighted by molar-refractivity contribution is 0.112. The predicted molar refractivity (Wildman–Crippen MR) is 67.7 cm³/mol. The molecule has 2 heterocycles. The lowest BCUT2D eigenvalue weighted by Gasteiger charge is -2.26. The topological polar surface area (TPSA) is 69.6 Å². The summed E-state index contributed by atoms with van der Waals surface area (Å²) in [6.07, 6.45) is 4.11. The Bertz CT molecular complexity index is 407. The maximum atomic E-state index is 10.6. The average Bonchev–Trinajstić information content (AvgIpc) is 2.69. The zero-order chi connectivity index (χ0) is 13.1. The summed E-state index contributed by atoms with van der Waals surface area (Å²) in [7, 11) is 4.00. The molecule has 0 amide bonds. The summed E-state index contributed by atoms with van der Waals surface area (Å²) in [5.74, 6) is 0.573. The van der Waals surface area contributed by atoms with Crippen LogP contribution in [0.5, 0.6) is 0 Å². The number of aldehydes is 1. The van der Waals surface area contributed by atoms with E-state index in [-0.39, 0.29) is 12.1 Å². The lowest BCUT2D eigenvalue weighted by atomic mass is 10.2. The molecule has 0 bridgehead atoms. The van der Waals surface area contributed by atoms with E-state index in [1.807, 2.05) is 19.0 Å². The number of β-amino-alcohol motifs (C(OH)–C–C–N with tert-alkyl or cyclic N) is 1. The SMILES string of the molecule is CN(C)CC1CC(O)CN1c1ncc(C=O)cn1. The highest BCUT2D eigenvalue weighted by Crippen LogP contribution is 2.22. The van der Waals surface area contributed by atoms with E-state index in [1.54, 1.807) is 0 Å². The van der Waals surface area contributed by atoms with Gasteiger partial charge < -0.3 is 14.9 Å². The highest BCUT2D eigenvalue weighted by molar-refractivity contribution is 5.73. The van der Waals surface area contributed by atoms with Crippen LogP contribution in [0, 0.1) is 0 Å². The van der Waals surface area contributed by atoms with E-state index >= 15 is 0 Å². The van der Waals surface area contributed by atoms with Crippen LogP contribution in [0.1, 0.15) is 16.8 Å². The fraction of sp³-hybridized carbons (Fsp3) is 0.583. The van der Waals surface area contributed by atoms with Crippen molar-refractivity contribution in [2.75, 3.05) is 32.1 Å². The van der Waals surface area contributed by atoms with Crippen LogP contribution in [-0.2, 0) is 0 Å². The number of hydrogen-bond acceptors (Lipinski definition) is 6. The molecule has 6 heteroatoms. The van der Waals surface area contributed by atoms with E-state index in [4.69, 9.17) is 0 Å². The molecule has 18 heavy (non-hydrogen) atoms. The summed E-state index contributed by atoms with van der Waals surface area (Å²) in [4.78, 5) is 23.0. The molecule has 1 aromatic rings. The van der Waals surface area contributed by atoms with Gasteiger partial charge in [-0.1, -0.05) is 0 Å². The first-order valence-corrected chi connectivity index (χ1v) is 5.97. The van der Waals surface area contributed by atoms with Crippen LogP contribution in [0.2, 0.25) is 0 Å². The molecule has 0 spiro atoms. The van der Waals surface area contributed by atoms with Gasteiger partial charge >= 0.3 is 0 Å². The largest absolute Gasteiger partial charge is 0.391 e. The van der Waals surface area contributed by atoms with Gasteiger partial charge in [-0.15, -0.1) is 0 Å². The molecule has 0 aliphatic carbocycles. The van der Waals surface area contributed by atoms with Gasteiger partial charge in [0.25, 0.3) is 0 Å². The van der Waals surface area contributed by atoms with Crippen LogP contribution < -0.4 is 4.90 Å². The van der Waals surface area contributed by atoms with Crippen molar-refractivity contribution in [1.82, 2.24) is 14.9 Å². The summed E-state index contributed by atoms with van der Waals surface area (Å²) in [6, 6.07) is 0.206. The second-order valence-electron chi connectivity index (χ2n) is 4.89. The quantitative estimate of drug-likeness (QED) is 0.746. The molecule has 0 saturated carbocycles. The third kappa shape index (κ3) is 2.83. The summed E-state index contributed by atoms with van der Waals surface area (Å²) in [6.45, 7) is 1.38. The normalized spacial score (nSPS) is 23.7. The van der Waals surface area contributed by atoms with Gasteiger partial charge in [0.2, 0.25) is 5.95 Å². The van der Waals surface area contributed by atoms with Crippen LogP contribution in [0.15, 0.2) is 12.4 Å². The monoisotopic (exact) mass is 250 g/mol. The molecule has 1 aliphatic heterocycles. The van der Waals surface area contributed by atoms with Crippen LogP contribution in [-0.4, -0.2) is 65.6 Å². The van der Waals surface area contributed by atoms with Crippen molar-refractivity contribution in [2.45, 2.75) is 18.6 Å². The van der Waals surface area contributed by atoms with E-state index in [9.17, 15) is 9.90 Å². The molecule has 1 aromatic heterocycles.